The van der Waals surface area contributed by atoms with Crippen molar-refractivity contribution in [3.8, 4) is 6.07 Å². The second-order valence-corrected chi connectivity index (χ2v) is 6.27. The van der Waals surface area contributed by atoms with Crippen LogP contribution in [-0.4, -0.2) is 14.2 Å². The first kappa shape index (κ1) is 14.0. The molecular weight excluding hydrogens is 300 g/mol. The molecule has 1 N–H and O–H groups in total. The van der Waals surface area contributed by atoms with Gasteiger partial charge in [0.05, 0.1) is 16.5 Å². The number of fused-ring (bicyclic) bond motifs is 1. The Morgan fingerprint density at radius 2 is 1.77 bits per heavy atom. The van der Waals surface area contributed by atoms with Gasteiger partial charge < -0.3 is 0 Å². The van der Waals surface area contributed by atoms with E-state index in [0.717, 1.165) is 0 Å². The Kier molecular flexibility index (Phi) is 3.28. The van der Waals surface area contributed by atoms with Gasteiger partial charge in [0.25, 0.3) is 10.0 Å². The number of rotatable bonds is 2. The molecule has 3 rings (SSSR count). The van der Waals surface area contributed by atoms with Gasteiger partial charge in [0.1, 0.15) is 5.70 Å². The fraction of sp³-hybridized carbons (Fsp3) is 0. The summed E-state index contributed by atoms with van der Waals surface area (Å²) in [5.74, 6) is -0.498. The number of allylic oxidation sites excluding steroid dienone is 1. The fourth-order valence-corrected chi connectivity index (χ4v) is 3.29. The second kappa shape index (κ2) is 5.13. The molecule has 0 aromatic heterocycles. The van der Waals surface area contributed by atoms with Crippen LogP contribution in [0, 0.1) is 17.4 Å². The largest absolute Gasteiger partial charge is 0.287 e. The number of benzene rings is 2. The number of Topliss-reactive ketones (excluding diaryl/α,β-unsaturated/α-hetero) is 1. The lowest BCUT2D eigenvalue weighted by molar-refractivity contribution is 0.102. The van der Waals surface area contributed by atoms with Crippen molar-refractivity contribution in [2.75, 3.05) is 0 Å². The summed E-state index contributed by atoms with van der Waals surface area (Å²) in [5, 5.41) is 8.75. The van der Waals surface area contributed by atoms with Crippen LogP contribution in [-0.2, 0) is 10.0 Å². The van der Waals surface area contributed by atoms with Crippen LogP contribution in [0.25, 0.3) is 0 Å². The number of nitriles is 1. The van der Waals surface area contributed by atoms with Gasteiger partial charge >= 0.3 is 0 Å². The number of carbonyl (C=O) groups is 1. The molecule has 2 aromatic carbocycles. The number of nitrogens with one attached hydrogen (secondary N) is 1. The van der Waals surface area contributed by atoms with Gasteiger partial charge in [0.15, 0.2) is 0 Å². The Balaban J connectivity index is 2.04. The lowest BCUT2D eigenvalue weighted by atomic mass is 10.0. The fourth-order valence-electron chi connectivity index (χ4n) is 2.10. The van der Waals surface area contributed by atoms with Gasteiger partial charge in [-0.05, 0) is 30.3 Å². The van der Waals surface area contributed by atoms with E-state index in [1.54, 1.807) is 18.2 Å². The van der Waals surface area contributed by atoms with Crippen LogP contribution in [0.15, 0.2) is 59.1 Å². The minimum absolute atomic E-state index is 0.0892. The summed E-state index contributed by atoms with van der Waals surface area (Å²) in [5.41, 5.74) is 0.911. The summed E-state index contributed by atoms with van der Waals surface area (Å²) in [6.07, 6.45) is 2.79. The zero-order chi connectivity index (χ0) is 15.7. The maximum Gasteiger partial charge on any atom is 0.262 e. The van der Waals surface area contributed by atoms with Crippen LogP contribution in [0.3, 0.4) is 0 Å². The molecule has 0 fully saturated rings. The summed E-state index contributed by atoms with van der Waals surface area (Å²) < 4.78 is 26.5. The van der Waals surface area contributed by atoms with Crippen LogP contribution < -0.4 is 4.72 Å². The molecule has 0 saturated carbocycles. The Morgan fingerprint density at radius 3 is 2.45 bits per heavy atom. The van der Waals surface area contributed by atoms with Gasteiger partial charge in [-0.2, -0.15) is 5.26 Å². The van der Waals surface area contributed by atoms with E-state index in [1.165, 1.54) is 30.3 Å². The van der Waals surface area contributed by atoms with Crippen molar-refractivity contribution in [2.45, 2.75) is 4.90 Å². The van der Waals surface area contributed by atoms with Crippen molar-refractivity contribution < 1.29 is 13.2 Å². The zero-order valence-corrected chi connectivity index (χ0v) is 12.0. The third-order valence-electron chi connectivity index (χ3n) is 3.18. The minimum Gasteiger partial charge on any atom is -0.287 e. The first-order chi connectivity index (χ1) is 10.5. The molecule has 5 nitrogen and oxygen atoms in total. The average Bonchev–Trinajstić information content (AvgIpc) is 2.53. The van der Waals surface area contributed by atoms with E-state index in [-0.39, 0.29) is 16.2 Å². The van der Waals surface area contributed by atoms with Gasteiger partial charge in [-0.25, -0.2) is 8.42 Å². The van der Waals surface area contributed by atoms with Crippen LogP contribution in [0.5, 0.6) is 0 Å². The van der Waals surface area contributed by atoms with E-state index in [2.05, 4.69) is 10.8 Å². The van der Waals surface area contributed by atoms with E-state index in [1.807, 2.05) is 6.07 Å². The quantitative estimate of drug-likeness (QED) is 0.856. The second-order valence-electron chi connectivity index (χ2n) is 4.62. The summed E-state index contributed by atoms with van der Waals surface area (Å²) in [6, 6.07) is 14.2. The Bertz CT molecular complexity index is 936. The Labute approximate surface area is 127 Å². The number of nitrogens with zero attached hydrogens (tertiary/aromatic N) is 1. The highest BCUT2D eigenvalue weighted by Gasteiger charge is 2.27. The van der Waals surface area contributed by atoms with Crippen molar-refractivity contribution in [3.63, 3.8) is 0 Å². The highest BCUT2D eigenvalue weighted by atomic mass is 32.2. The molecule has 0 saturated heterocycles. The number of ketones is 1. The molecule has 0 atom stereocenters. The van der Waals surface area contributed by atoms with E-state index < -0.39 is 15.8 Å². The molecule has 107 valence electrons. The molecular formula is C16H9N2O3S. The molecule has 0 aliphatic carbocycles. The molecule has 0 unspecified atom stereocenters. The predicted molar refractivity (Wildman–Crippen MR) is 78.1 cm³/mol. The third-order valence-corrected chi connectivity index (χ3v) is 4.58. The molecule has 1 heterocycles. The molecule has 22 heavy (non-hydrogen) atoms. The maximum atomic E-state index is 12.4. The van der Waals surface area contributed by atoms with Crippen LogP contribution in [0.4, 0.5) is 0 Å². The highest BCUT2D eigenvalue weighted by molar-refractivity contribution is 7.89. The third kappa shape index (κ3) is 2.38. The Morgan fingerprint density at radius 1 is 1.09 bits per heavy atom. The summed E-state index contributed by atoms with van der Waals surface area (Å²) in [7, 11) is -3.78. The molecule has 0 bridgehead atoms. The van der Waals surface area contributed by atoms with Gasteiger partial charge in [0.2, 0.25) is 5.78 Å². The summed E-state index contributed by atoms with van der Waals surface area (Å²) in [6.45, 7) is 0. The first-order valence-corrected chi connectivity index (χ1v) is 7.80. The molecule has 2 aromatic rings. The van der Waals surface area contributed by atoms with Gasteiger partial charge in [-0.15, -0.1) is 0 Å². The van der Waals surface area contributed by atoms with E-state index in [0.29, 0.717) is 11.1 Å². The number of hydrogen-bond acceptors (Lipinski definition) is 4. The van der Waals surface area contributed by atoms with E-state index in [4.69, 9.17) is 5.26 Å². The smallest absolute Gasteiger partial charge is 0.262 e. The number of sulfonamides is 1. The van der Waals surface area contributed by atoms with E-state index in [9.17, 15) is 13.2 Å². The average molecular weight is 309 g/mol. The number of hydrogen-bond donors (Lipinski definition) is 1. The van der Waals surface area contributed by atoms with Crippen molar-refractivity contribution in [1.29, 1.82) is 5.26 Å². The van der Waals surface area contributed by atoms with Gasteiger partial charge in [-0.1, -0.05) is 18.2 Å². The maximum absolute atomic E-state index is 12.4. The normalized spacial score (nSPS) is 15.0. The number of carbonyl (C=O) groups excluding carboxylic acids is 1. The lowest BCUT2D eigenvalue weighted by Gasteiger charge is -2.17. The van der Waals surface area contributed by atoms with Crippen molar-refractivity contribution in [2.24, 2.45) is 0 Å². The minimum atomic E-state index is -3.78. The van der Waals surface area contributed by atoms with Gasteiger partial charge in [0, 0.05) is 17.2 Å². The predicted octanol–water partition coefficient (Wildman–Crippen LogP) is 1.77. The summed E-state index contributed by atoms with van der Waals surface area (Å²) >= 11 is 0. The molecule has 0 amide bonds. The monoisotopic (exact) mass is 309 g/mol. The van der Waals surface area contributed by atoms with Crippen LogP contribution in [0.1, 0.15) is 21.5 Å². The van der Waals surface area contributed by atoms with Crippen molar-refractivity contribution in [1.82, 2.24) is 4.72 Å². The summed E-state index contributed by atoms with van der Waals surface area (Å²) in [4.78, 5) is 12.5. The molecule has 1 aliphatic heterocycles. The molecule has 6 heteroatoms. The highest BCUT2D eigenvalue weighted by Crippen LogP contribution is 2.23. The molecule has 0 spiro atoms. The van der Waals surface area contributed by atoms with Crippen molar-refractivity contribution >= 4 is 15.8 Å². The zero-order valence-electron chi connectivity index (χ0n) is 11.2. The topological polar surface area (TPSA) is 87.0 Å². The standard InChI is InChI=1S/C16H9N2O3S/c17-10-11-5-7-12(8-6-11)16(19)14-9-13-3-1-2-4-15(13)22(20,21)18-14/h1-8,18H. The van der Waals surface area contributed by atoms with Crippen molar-refractivity contribution in [3.05, 3.63) is 77.0 Å². The molecule has 1 aliphatic rings. The van der Waals surface area contributed by atoms with Crippen LogP contribution >= 0.6 is 0 Å². The Hall–Kier alpha value is -2.91. The molecule has 1 radical (unpaired) electrons. The lowest BCUT2D eigenvalue weighted by Crippen LogP contribution is -2.31. The van der Waals surface area contributed by atoms with Gasteiger partial charge in [-0.3, -0.25) is 9.52 Å². The first-order valence-electron chi connectivity index (χ1n) is 6.32. The van der Waals surface area contributed by atoms with E-state index >= 15 is 0 Å². The van der Waals surface area contributed by atoms with Crippen LogP contribution in [0.2, 0.25) is 0 Å². The SMILES string of the molecule is N#Cc1ccc(C(=O)C2=[C]c3ccccc3S(=O)(=O)N2)cc1.